The van der Waals surface area contributed by atoms with Crippen LogP contribution in [-0.4, -0.2) is 80.6 Å². The number of esters is 2. The Bertz CT molecular complexity index is 1580. The molecule has 2 aliphatic heterocycles. The molecule has 1 saturated heterocycles. The molecule has 5 N–H and O–H groups in total. The summed E-state index contributed by atoms with van der Waals surface area (Å²) in [4.78, 5) is 37.0. The van der Waals surface area contributed by atoms with E-state index in [4.69, 9.17) is 23.7 Å². The Morgan fingerprint density at radius 1 is 0.956 bits per heavy atom. The molecule has 0 unspecified atom stereocenters. The van der Waals surface area contributed by atoms with Crippen molar-refractivity contribution in [2.45, 2.75) is 50.2 Å². The molecule has 0 bridgehead atoms. The van der Waals surface area contributed by atoms with Crippen LogP contribution in [-0.2, 0) is 23.8 Å². The summed E-state index contributed by atoms with van der Waals surface area (Å²) in [5.74, 6) is -2.47. The molecule has 0 aliphatic carbocycles. The van der Waals surface area contributed by atoms with Crippen molar-refractivity contribution >= 4 is 23.8 Å². The number of Topliss-reactive ketones (excluding diaryl/α,β-unsaturated/α-hetero) is 1. The van der Waals surface area contributed by atoms with Crippen LogP contribution in [0.4, 0.5) is 0 Å². The van der Waals surface area contributed by atoms with E-state index >= 15 is 0 Å². The third-order valence-electron chi connectivity index (χ3n) is 7.13. The van der Waals surface area contributed by atoms with Crippen LogP contribution in [0.1, 0.15) is 40.9 Å². The van der Waals surface area contributed by atoms with E-state index in [0.717, 1.165) is 19.1 Å². The molecule has 3 aromatic carbocycles. The van der Waals surface area contributed by atoms with Crippen molar-refractivity contribution in [3.8, 4) is 28.7 Å². The number of carbonyl (C=O) groups excluding carboxylic acids is 3. The molecule has 0 saturated carbocycles. The molecule has 3 aromatic rings. The number of ether oxygens (including phenoxy) is 5. The fraction of sp³-hybridized carbons (Fsp3) is 0.281. The molecule has 13 nitrogen and oxygen atoms in total. The predicted octanol–water partition coefficient (Wildman–Crippen LogP) is 2.52. The standard InChI is InChI=1S/C32H30O13/c1-16(33)42-31-29(39)26(15-41-27(38)11-4-17-2-7-19(34)8-3-17)45-32(30(31)40)43-21-12-22(36)28-23(37)14-24(44-25(28)13-21)18-5-9-20(35)10-6-18/h2-13,24,26,29-32,34-36,39-40H,14-15H2,1H3/b11-4+/t24-,26+,29+,30+,31-,32+/m0/s1. The van der Waals surface area contributed by atoms with Crippen molar-refractivity contribution in [1.82, 2.24) is 0 Å². The van der Waals surface area contributed by atoms with Crippen LogP contribution in [0.5, 0.6) is 28.7 Å². The van der Waals surface area contributed by atoms with Gasteiger partial charge in [-0.1, -0.05) is 24.3 Å². The molecule has 2 heterocycles. The topological polar surface area (TPSA) is 199 Å². The van der Waals surface area contributed by atoms with Gasteiger partial charge in [-0.15, -0.1) is 0 Å². The van der Waals surface area contributed by atoms with Crippen molar-refractivity contribution in [2.24, 2.45) is 0 Å². The van der Waals surface area contributed by atoms with Gasteiger partial charge < -0.3 is 49.2 Å². The first-order chi connectivity index (χ1) is 21.5. The van der Waals surface area contributed by atoms with Crippen LogP contribution in [0.2, 0.25) is 0 Å². The van der Waals surface area contributed by atoms with Gasteiger partial charge in [0.15, 0.2) is 18.0 Å². The zero-order valence-corrected chi connectivity index (χ0v) is 23.8. The molecule has 0 radical (unpaired) electrons. The van der Waals surface area contributed by atoms with E-state index in [0.29, 0.717) is 11.1 Å². The van der Waals surface area contributed by atoms with Gasteiger partial charge in [0.25, 0.3) is 0 Å². The quantitative estimate of drug-likeness (QED) is 0.182. The Kier molecular flexibility index (Phi) is 9.23. The second-order valence-corrected chi connectivity index (χ2v) is 10.4. The van der Waals surface area contributed by atoms with Crippen molar-refractivity contribution in [3.05, 3.63) is 83.4 Å². The molecule has 1 fully saturated rings. The number of fused-ring (bicyclic) bond motifs is 1. The number of aliphatic hydroxyl groups is 2. The first-order valence-corrected chi connectivity index (χ1v) is 13.8. The number of aromatic hydroxyl groups is 3. The third kappa shape index (κ3) is 7.34. The van der Waals surface area contributed by atoms with Gasteiger partial charge in [-0.25, -0.2) is 4.79 Å². The van der Waals surface area contributed by atoms with Gasteiger partial charge in [-0.2, -0.15) is 0 Å². The lowest BCUT2D eigenvalue weighted by Crippen LogP contribution is -2.61. The molecular weight excluding hydrogens is 592 g/mol. The summed E-state index contributed by atoms with van der Waals surface area (Å²) in [6.07, 6.45) is -6.03. The highest BCUT2D eigenvalue weighted by molar-refractivity contribution is 6.02. The van der Waals surface area contributed by atoms with Crippen LogP contribution in [0.3, 0.4) is 0 Å². The minimum Gasteiger partial charge on any atom is -0.508 e. The summed E-state index contributed by atoms with van der Waals surface area (Å²) in [6.45, 7) is 0.555. The highest BCUT2D eigenvalue weighted by atomic mass is 16.7. The van der Waals surface area contributed by atoms with E-state index in [9.17, 15) is 39.9 Å². The Morgan fingerprint density at radius 2 is 1.62 bits per heavy atom. The van der Waals surface area contributed by atoms with Gasteiger partial charge in [0.1, 0.15) is 59.2 Å². The van der Waals surface area contributed by atoms with Crippen molar-refractivity contribution in [3.63, 3.8) is 0 Å². The van der Waals surface area contributed by atoms with E-state index in [1.54, 1.807) is 24.3 Å². The lowest BCUT2D eigenvalue weighted by atomic mass is 9.95. The molecule has 13 heteroatoms. The van der Waals surface area contributed by atoms with Crippen molar-refractivity contribution < 1.29 is 63.6 Å². The van der Waals surface area contributed by atoms with Crippen LogP contribution in [0.25, 0.3) is 6.08 Å². The van der Waals surface area contributed by atoms with Crippen LogP contribution >= 0.6 is 0 Å². The Balaban J connectivity index is 1.32. The number of benzene rings is 3. The number of ketones is 1. The smallest absolute Gasteiger partial charge is 0.330 e. The molecular formula is C32H30O13. The molecule has 0 spiro atoms. The summed E-state index contributed by atoms with van der Waals surface area (Å²) in [7, 11) is 0. The molecule has 0 amide bonds. The summed E-state index contributed by atoms with van der Waals surface area (Å²) >= 11 is 0. The largest absolute Gasteiger partial charge is 0.508 e. The minimum absolute atomic E-state index is 0.00732. The molecule has 236 valence electrons. The van der Waals surface area contributed by atoms with Gasteiger partial charge in [-0.05, 0) is 41.5 Å². The van der Waals surface area contributed by atoms with Crippen molar-refractivity contribution in [2.75, 3.05) is 6.61 Å². The first kappa shape index (κ1) is 31.3. The number of phenolic OH excluding ortho intramolecular Hbond substituents is 3. The lowest BCUT2D eigenvalue weighted by molar-refractivity contribution is -0.281. The van der Waals surface area contributed by atoms with Gasteiger partial charge in [0.2, 0.25) is 6.29 Å². The van der Waals surface area contributed by atoms with Crippen LogP contribution < -0.4 is 9.47 Å². The summed E-state index contributed by atoms with van der Waals surface area (Å²) in [6, 6.07) is 14.6. The maximum Gasteiger partial charge on any atom is 0.330 e. The molecule has 6 atom stereocenters. The normalized spacial score (nSPS) is 24.4. The summed E-state index contributed by atoms with van der Waals surface area (Å²) < 4.78 is 27.8. The number of aliphatic hydroxyl groups excluding tert-OH is 2. The fourth-order valence-electron chi connectivity index (χ4n) is 4.92. The van der Waals surface area contributed by atoms with Gasteiger partial charge in [-0.3, -0.25) is 9.59 Å². The van der Waals surface area contributed by atoms with Crippen molar-refractivity contribution in [1.29, 1.82) is 0 Å². The fourth-order valence-corrected chi connectivity index (χ4v) is 4.92. The highest BCUT2D eigenvalue weighted by Crippen LogP contribution is 2.42. The van der Waals surface area contributed by atoms with Gasteiger partial charge >= 0.3 is 11.9 Å². The zero-order valence-electron chi connectivity index (χ0n) is 23.8. The Labute approximate surface area is 256 Å². The molecule has 5 rings (SSSR count). The number of rotatable bonds is 8. The van der Waals surface area contributed by atoms with E-state index in [1.807, 2.05) is 0 Å². The Morgan fingerprint density at radius 3 is 2.29 bits per heavy atom. The maximum absolute atomic E-state index is 12.9. The summed E-state index contributed by atoms with van der Waals surface area (Å²) in [5.41, 5.74) is 1.15. The van der Waals surface area contributed by atoms with E-state index in [1.165, 1.54) is 36.4 Å². The second kappa shape index (κ2) is 13.3. The average Bonchev–Trinajstić information content (AvgIpc) is 2.99. The third-order valence-corrected chi connectivity index (χ3v) is 7.13. The monoisotopic (exact) mass is 622 g/mol. The van der Waals surface area contributed by atoms with Crippen LogP contribution in [0, 0.1) is 0 Å². The summed E-state index contributed by atoms with van der Waals surface area (Å²) in [5, 5.41) is 51.3. The second-order valence-electron chi connectivity index (χ2n) is 10.4. The number of hydrogen-bond acceptors (Lipinski definition) is 13. The van der Waals surface area contributed by atoms with Gasteiger partial charge in [0, 0.05) is 25.1 Å². The van der Waals surface area contributed by atoms with E-state index in [2.05, 4.69) is 0 Å². The molecule has 2 aliphatic rings. The van der Waals surface area contributed by atoms with E-state index < -0.39 is 66.9 Å². The van der Waals surface area contributed by atoms with E-state index in [-0.39, 0.29) is 35.0 Å². The molecule has 45 heavy (non-hydrogen) atoms. The van der Waals surface area contributed by atoms with Gasteiger partial charge in [0.05, 0.1) is 6.42 Å². The SMILES string of the molecule is CC(=O)O[C@@H]1[C@@H](O)[C@H](Oc2cc(O)c3c(c2)O[C@H](c2ccc(O)cc2)CC3=O)O[C@H](COC(=O)/C=C/c2ccc(O)cc2)[C@H]1O. The highest BCUT2D eigenvalue weighted by Gasteiger charge is 2.48. The zero-order chi connectivity index (χ0) is 32.2. The average molecular weight is 623 g/mol. The maximum atomic E-state index is 12.9. The number of carbonyl (C=O) groups is 3. The predicted molar refractivity (Wildman–Crippen MR) is 153 cm³/mol. The Hall–Kier alpha value is -5.11. The van der Waals surface area contributed by atoms with Crippen LogP contribution in [0.15, 0.2) is 66.7 Å². The lowest BCUT2D eigenvalue weighted by Gasteiger charge is -2.41. The number of phenols is 3. The molecule has 0 aromatic heterocycles. The minimum atomic E-state index is -1.73. The first-order valence-electron chi connectivity index (χ1n) is 13.8. The number of hydrogen-bond donors (Lipinski definition) is 5.